The van der Waals surface area contributed by atoms with Crippen LogP contribution in [0.5, 0.6) is 0 Å². The second-order valence-corrected chi connectivity index (χ2v) is 2.90. The Bertz CT molecular complexity index is 151. The normalized spacial score (nSPS) is 17.4. The molecule has 0 unspecified atom stereocenters. The molecule has 0 spiro atoms. The quantitative estimate of drug-likeness (QED) is 0.550. The van der Waals surface area contributed by atoms with Crippen molar-refractivity contribution in [1.82, 2.24) is 0 Å². The minimum absolute atomic E-state index is 0.133. The van der Waals surface area contributed by atoms with E-state index in [2.05, 4.69) is 0 Å². The summed E-state index contributed by atoms with van der Waals surface area (Å²) in [6.45, 7) is 2.03. The van der Waals surface area contributed by atoms with Gasteiger partial charge in [-0.1, -0.05) is 18.7 Å². The fourth-order valence-electron chi connectivity index (χ4n) is 0.593. The molecule has 0 radical (unpaired) electrons. The van der Waals surface area contributed by atoms with E-state index in [1.807, 2.05) is 13.0 Å². The van der Waals surface area contributed by atoms with Crippen LogP contribution in [-0.4, -0.2) is 11.7 Å². The number of ether oxygens (including phenoxy) is 1. The maximum absolute atomic E-state index is 10.4. The number of hydrogen-bond acceptors (Lipinski definition) is 3. The van der Waals surface area contributed by atoms with E-state index in [9.17, 15) is 4.79 Å². The first kappa shape index (κ1) is 6.68. The van der Waals surface area contributed by atoms with Crippen LogP contribution in [0.2, 0.25) is 0 Å². The molecule has 0 saturated heterocycles. The SMILES string of the molecule is CCSC1=CCC(=O)O1. The molecule has 1 aliphatic heterocycles. The van der Waals surface area contributed by atoms with E-state index in [-0.39, 0.29) is 5.97 Å². The van der Waals surface area contributed by atoms with Crippen LogP contribution in [0.4, 0.5) is 0 Å². The average molecular weight is 144 g/mol. The molecule has 1 heterocycles. The van der Waals surface area contributed by atoms with Gasteiger partial charge in [0.25, 0.3) is 0 Å². The zero-order chi connectivity index (χ0) is 6.69. The van der Waals surface area contributed by atoms with Crippen LogP contribution in [0.3, 0.4) is 0 Å². The van der Waals surface area contributed by atoms with Crippen molar-refractivity contribution in [3.8, 4) is 0 Å². The lowest BCUT2D eigenvalue weighted by Crippen LogP contribution is -1.91. The molecule has 50 valence electrons. The Morgan fingerprint density at radius 2 is 2.67 bits per heavy atom. The predicted molar refractivity (Wildman–Crippen MR) is 36.9 cm³/mol. The van der Waals surface area contributed by atoms with E-state index in [1.165, 1.54) is 0 Å². The molecule has 9 heavy (non-hydrogen) atoms. The number of carbonyl (C=O) groups is 1. The second-order valence-electron chi connectivity index (χ2n) is 1.63. The van der Waals surface area contributed by atoms with Crippen LogP contribution in [0.15, 0.2) is 11.2 Å². The molecule has 0 fully saturated rings. The maximum atomic E-state index is 10.4. The first-order chi connectivity index (χ1) is 4.33. The minimum atomic E-state index is -0.133. The summed E-state index contributed by atoms with van der Waals surface area (Å²) in [5.41, 5.74) is 0. The van der Waals surface area contributed by atoms with Crippen LogP contribution >= 0.6 is 11.8 Å². The molecule has 0 amide bonds. The van der Waals surface area contributed by atoms with Gasteiger partial charge in [-0.25, -0.2) is 0 Å². The molecule has 0 aromatic carbocycles. The molecule has 0 bridgehead atoms. The Morgan fingerprint density at radius 3 is 3.11 bits per heavy atom. The highest BCUT2D eigenvalue weighted by atomic mass is 32.2. The van der Waals surface area contributed by atoms with E-state index in [1.54, 1.807) is 11.8 Å². The highest BCUT2D eigenvalue weighted by molar-refractivity contribution is 8.02. The van der Waals surface area contributed by atoms with Crippen LogP contribution in [-0.2, 0) is 9.53 Å². The zero-order valence-corrected chi connectivity index (χ0v) is 6.03. The van der Waals surface area contributed by atoms with E-state index in [0.29, 0.717) is 6.42 Å². The Labute approximate surface area is 58.3 Å². The molecule has 0 saturated carbocycles. The zero-order valence-electron chi connectivity index (χ0n) is 5.22. The van der Waals surface area contributed by atoms with Crippen molar-refractivity contribution in [2.75, 3.05) is 5.75 Å². The lowest BCUT2D eigenvalue weighted by molar-refractivity contribution is -0.135. The highest BCUT2D eigenvalue weighted by Crippen LogP contribution is 2.22. The molecule has 3 heteroatoms. The second kappa shape index (κ2) is 2.92. The summed E-state index contributed by atoms with van der Waals surface area (Å²) in [6, 6.07) is 0. The van der Waals surface area contributed by atoms with Crippen molar-refractivity contribution < 1.29 is 9.53 Å². The van der Waals surface area contributed by atoms with Crippen molar-refractivity contribution in [1.29, 1.82) is 0 Å². The molecule has 1 aliphatic rings. The summed E-state index contributed by atoms with van der Waals surface area (Å²) in [4.78, 5) is 10.4. The van der Waals surface area contributed by atoms with Crippen LogP contribution < -0.4 is 0 Å². The molecular weight excluding hydrogens is 136 g/mol. The van der Waals surface area contributed by atoms with Crippen molar-refractivity contribution in [3.05, 3.63) is 11.2 Å². The Balaban J connectivity index is 2.36. The Hall–Kier alpha value is -0.440. The Kier molecular flexibility index (Phi) is 2.16. The summed E-state index contributed by atoms with van der Waals surface area (Å²) in [5, 5.41) is 0.766. The van der Waals surface area contributed by atoms with Gasteiger partial charge in [-0.15, -0.1) is 0 Å². The number of cyclic esters (lactones) is 1. The van der Waals surface area contributed by atoms with Gasteiger partial charge in [0.2, 0.25) is 0 Å². The third-order valence-electron chi connectivity index (χ3n) is 0.936. The number of rotatable bonds is 2. The van der Waals surface area contributed by atoms with Crippen molar-refractivity contribution in [2.45, 2.75) is 13.3 Å². The van der Waals surface area contributed by atoms with E-state index < -0.39 is 0 Å². The van der Waals surface area contributed by atoms with Gasteiger partial charge in [0, 0.05) is 0 Å². The van der Waals surface area contributed by atoms with Gasteiger partial charge >= 0.3 is 5.97 Å². The van der Waals surface area contributed by atoms with Crippen LogP contribution in [0.1, 0.15) is 13.3 Å². The van der Waals surface area contributed by atoms with Gasteiger partial charge in [-0.3, -0.25) is 4.79 Å². The lowest BCUT2D eigenvalue weighted by Gasteiger charge is -1.95. The number of esters is 1. The van der Waals surface area contributed by atoms with Crippen LogP contribution in [0.25, 0.3) is 0 Å². The maximum Gasteiger partial charge on any atom is 0.315 e. The molecule has 0 aromatic heterocycles. The summed E-state index contributed by atoms with van der Waals surface area (Å²) in [5.74, 6) is 0.824. The lowest BCUT2D eigenvalue weighted by atomic mass is 10.5. The van der Waals surface area contributed by atoms with Crippen LogP contribution in [0, 0.1) is 0 Å². The smallest absolute Gasteiger partial charge is 0.315 e. The summed E-state index contributed by atoms with van der Waals surface area (Å²) < 4.78 is 4.79. The van der Waals surface area contributed by atoms with Gasteiger partial charge in [-0.05, 0) is 11.8 Å². The molecule has 0 aromatic rings. The van der Waals surface area contributed by atoms with Gasteiger partial charge in [-0.2, -0.15) is 0 Å². The first-order valence-corrected chi connectivity index (χ1v) is 3.85. The van der Waals surface area contributed by atoms with Crippen molar-refractivity contribution in [2.24, 2.45) is 0 Å². The number of hydrogen-bond donors (Lipinski definition) is 0. The average Bonchev–Trinajstić information content (AvgIpc) is 2.17. The van der Waals surface area contributed by atoms with Crippen molar-refractivity contribution >= 4 is 17.7 Å². The molecule has 0 atom stereocenters. The molecule has 0 N–H and O–H groups in total. The molecule has 1 rings (SSSR count). The molecule has 2 nitrogen and oxygen atoms in total. The van der Waals surface area contributed by atoms with Gasteiger partial charge in [0.1, 0.15) is 0 Å². The largest absolute Gasteiger partial charge is 0.419 e. The predicted octanol–water partition coefficient (Wildman–Crippen LogP) is 1.53. The fraction of sp³-hybridized carbons (Fsp3) is 0.500. The Morgan fingerprint density at radius 1 is 1.89 bits per heavy atom. The summed E-state index contributed by atoms with van der Waals surface area (Å²) in [6.07, 6.45) is 2.26. The third kappa shape index (κ3) is 1.75. The summed E-state index contributed by atoms with van der Waals surface area (Å²) >= 11 is 1.56. The topological polar surface area (TPSA) is 26.3 Å². The van der Waals surface area contributed by atoms with E-state index in [4.69, 9.17) is 4.74 Å². The van der Waals surface area contributed by atoms with Gasteiger partial charge in [0.15, 0.2) is 5.09 Å². The monoisotopic (exact) mass is 144 g/mol. The molecule has 0 aliphatic carbocycles. The first-order valence-electron chi connectivity index (χ1n) is 2.86. The third-order valence-corrected chi connectivity index (χ3v) is 1.76. The number of thioether (sulfide) groups is 1. The summed E-state index contributed by atoms with van der Waals surface area (Å²) in [7, 11) is 0. The number of carbonyl (C=O) groups excluding carboxylic acids is 1. The highest BCUT2D eigenvalue weighted by Gasteiger charge is 2.12. The molecular formula is C6H8O2S. The van der Waals surface area contributed by atoms with Gasteiger partial charge in [0.05, 0.1) is 6.42 Å². The van der Waals surface area contributed by atoms with Gasteiger partial charge < -0.3 is 4.74 Å². The van der Waals surface area contributed by atoms with Crippen molar-refractivity contribution in [3.63, 3.8) is 0 Å². The van der Waals surface area contributed by atoms with E-state index in [0.717, 1.165) is 10.8 Å². The minimum Gasteiger partial charge on any atom is -0.419 e. The van der Waals surface area contributed by atoms with E-state index >= 15 is 0 Å². The fourth-order valence-corrected chi connectivity index (χ4v) is 1.23. The standard InChI is InChI=1S/C6H8O2S/c1-2-9-6-4-3-5(7)8-6/h4H,2-3H2,1H3.